The minimum absolute atomic E-state index is 0.797. The molecule has 4 rings (SSSR count). The van der Waals surface area contributed by atoms with E-state index in [1.807, 2.05) is 12.1 Å². The van der Waals surface area contributed by atoms with Gasteiger partial charge in [-0.3, -0.25) is 0 Å². The topological polar surface area (TPSA) is 36.4 Å². The summed E-state index contributed by atoms with van der Waals surface area (Å²) in [6.45, 7) is 5.12. The molecule has 1 aromatic carbocycles. The molecule has 1 saturated heterocycles. The average Bonchev–Trinajstić information content (AvgIpc) is 3.03. The van der Waals surface area contributed by atoms with Crippen LogP contribution in [0.1, 0.15) is 45.4 Å². The van der Waals surface area contributed by atoms with Crippen molar-refractivity contribution in [3.63, 3.8) is 0 Å². The molecule has 2 aromatic rings. The second kappa shape index (κ2) is 8.15. The van der Waals surface area contributed by atoms with E-state index in [1.54, 1.807) is 12.0 Å². The van der Waals surface area contributed by atoms with Gasteiger partial charge in [-0.1, -0.05) is 6.42 Å². The number of likely N-dealkylation sites (tertiary alicyclic amines) is 1. The number of aromatic nitrogens is 3. The number of benzene rings is 1. The zero-order valence-corrected chi connectivity index (χ0v) is 17.3. The van der Waals surface area contributed by atoms with Crippen LogP contribution in [0.2, 0.25) is 0 Å². The van der Waals surface area contributed by atoms with Crippen LogP contribution >= 0.6 is 12.2 Å². The normalized spacial score (nSPS) is 25.2. The van der Waals surface area contributed by atoms with Gasteiger partial charge in [0.1, 0.15) is 5.75 Å². The van der Waals surface area contributed by atoms with Gasteiger partial charge in [0.15, 0.2) is 12.5 Å². The monoisotopic (exact) mass is 387 g/mol. The van der Waals surface area contributed by atoms with E-state index < -0.39 is 0 Å². The Kier molecular flexibility index (Phi) is 5.64. The SMILES string of the molecule is CCn1c(-c2ccc(OC)cc2)nn(C[NH+]2CCC[C@H]3CCCC[C@@H]32)c1=S. The molecular formula is C21H31N4OS+. The Morgan fingerprint density at radius 2 is 1.89 bits per heavy atom. The molecule has 0 bridgehead atoms. The Labute approximate surface area is 166 Å². The zero-order valence-electron chi connectivity index (χ0n) is 16.5. The van der Waals surface area contributed by atoms with Crippen LogP contribution in [0.5, 0.6) is 5.75 Å². The number of ether oxygens (including phenoxy) is 1. The predicted molar refractivity (Wildman–Crippen MR) is 110 cm³/mol. The van der Waals surface area contributed by atoms with Crippen LogP contribution in [-0.2, 0) is 13.2 Å². The average molecular weight is 388 g/mol. The predicted octanol–water partition coefficient (Wildman–Crippen LogP) is 3.30. The first-order chi connectivity index (χ1) is 13.2. The van der Waals surface area contributed by atoms with Crippen LogP contribution in [0.15, 0.2) is 24.3 Å². The molecule has 5 nitrogen and oxygen atoms in total. The summed E-state index contributed by atoms with van der Waals surface area (Å²) in [7, 11) is 1.69. The molecule has 2 heterocycles. The summed E-state index contributed by atoms with van der Waals surface area (Å²) in [5, 5.41) is 4.95. The van der Waals surface area contributed by atoms with Crippen molar-refractivity contribution in [2.45, 2.75) is 64.7 Å². The molecule has 1 saturated carbocycles. The Morgan fingerprint density at radius 3 is 2.63 bits per heavy atom. The zero-order chi connectivity index (χ0) is 18.8. The van der Waals surface area contributed by atoms with Crippen molar-refractivity contribution in [3.05, 3.63) is 29.0 Å². The van der Waals surface area contributed by atoms with Crippen LogP contribution in [-0.4, -0.2) is 34.0 Å². The van der Waals surface area contributed by atoms with Gasteiger partial charge in [0.2, 0.25) is 4.77 Å². The number of nitrogens with one attached hydrogen (secondary N) is 1. The first-order valence-electron chi connectivity index (χ1n) is 10.4. The van der Waals surface area contributed by atoms with Crippen LogP contribution in [0, 0.1) is 10.7 Å². The molecular weight excluding hydrogens is 356 g/mol. The van der Waals surface area contributed by atoms with Crippen molar-refractivity contribution in [1.82, 2.24) is 14.3 Å². The molecule has 2 aliphatic rings. The van der Waals surface area contributed by atoms with E-state index in [9.17, 15) is 0 Å². The van der Waals surface area contributed by atoms with Gasteiger partial charge in [-0.25, -0.2) is 0 Å². The lowest BCUT2D eigenvalue weighted by Gasteiger charge is -2.40. The number of fused-ring (bicyclic) bond motifs is 1. The van der Waals surface area contributed by atoms with Gasteiger partial charge >= 0.3 is 0 Å². The fourth-order valence-corrected chi connectivity index (χ4v) is 5.36. The van der Waals surface area contributed by atoms with E-state index in [0.717, 1.165) is 47.1 Å². The summed E-state index contributed by atoms with van der Waals surface area (Å²) in [6.07, 6.45) is 8.34. The molecule has 1 N–H and O–H groups in total. The Bertz CT molecular complexity index is 824. The highest BCUT2D eigenvalue weighted by Gasteiger charge is 2.36. The molecule has 27 heavy (non-hydrogen) atoms. The minimum atomic E-state index is 0.797. The van der Waals surface area contributed by atoms with Gasteiger partial charge in [-0.05, 0) is 75.5 Å². The Balaban J connectivity index is 1.61. The van der Waals surface area contributed by atoms with Gasteiger partial charge < -0.3 is 14.2 Å². The Morgan fingerprint density at radius 1 is 1.15 bits per heavy atom. The van der Waals surface area contributed by atoms with Crippen LogP contribution in [0.25, 0.3) is 11.4 Å². The number of hydrogen-bond donors (Lipinski definition) is 1. The van der Waals surface area contributed by atoms with Crippen molar-refractivity contribution >= 4 is 12.2 Å². The summed E-state index contributed by atoms with van der Waals surface area (Å²) in [5.74, 6) is 2.73. The number of methoxy groups -OCH3 is 1. The van der Waals surface area contributed by atoms with Crippen molar-refractivity contribution in [3.8, 4) is 17.1 Å². The van der Waals surface area contributed by atoms with E-state index in [-0.39, 0.29) is 0 Å². The molecule has 6 heteroatoms. The van der Waals surface area contributed by atoms with E-state index in [4.69, 9.17) is 22.1 Å². The van der Waals surface area contributed by atoms with Gasteiger partial charge in [0, 0.05) is 18.0 Å². The second-order valence-electron chi connectivity index (χ2n) is 7.94. The molecule has 146 valence electrons. The third-order valence-electron chi connectivity index (χ3n) is 6.45. The molecule has 1 aromatic heterocycles. The second-order valence-corrected chi connectivity index (χ2v) is 8.30. The van der Waals surface area contributed by atoms with Crippen molar-refractivity contribution in [2.75, 3.05) is 13.7 Å². The first kappa shape index (κ1) is 18.7. The highest BCUT2D eigenvalue weighted by Crippen LogP contribution is 2.28. The third kappa shape index (κ3) is 3.69. The van der Waals surface area contributed by atoms with Crippen molar-refractivity contribution < 1.29 is 9.64 Å². The molecule has 1 aliphatic heterocycles. The maximum absolute atomic E-state index is 5.80. The highest BCUT2D eigenvalue weighted by atomic mass is 32.1. The minimum Gasteiger partial charge on any atom is -0.497 e. The molecule has 1 unspecified atom stereocenters. The smallest absolute Gasteiger partial charge is 0.203 e. The molecule has 0 amide bonds. The first-order valence-corrected chi connectivity index (χ1v) is 10.8. The standard InChI is InChI=1S/C21H30N4OS/c1-3-24-20(17-10-12-18(26-2)13-11-17)22-25(21(24)27)15-23-14-6-8-16-7-4-5-9-19(16)23/h10-13,16,19H,3-9,14-15H2,1-2H3/p+1/t16-,19+/m1/s1. The van der Waals surface area contributed by atoms with Gasteiger partial charge in [0.05, 0.1) is 19.7 Å². The maximum Gasteiger partial charge on any atom is 0.203 e. The summed E-state index contributed by atoms with van der Waals surface area (Å²) < 4.78 is 10.4. The van der Waals surface area contributed by atoms with Crippen molar-refractivity contribution in [1.29, 1.82) is 0 Å². The van der Waals surface area contributed by atoms with E-state index >= 15 is 0 Å². The Hall–Kier alpha value is -1.66. The van der Waals surface area contributed by atoms with E-state index in [2.05, 4.69) is 28.3 Å². The lowest BCUT2D eigenvalue weighted by atomic mass is 9.78. The number of piperidine rings is 1. The van der Waals surface area contributed by atoms with Gasteiger partial charge in [-0.15, -0.1) is 5.10 Å². The van der Waals surface area contributed by atoms with Crippen LogP contribution in [0.4, 0.5) is 0 Å². The summed E-state index contributed by atoms with van der Waals surface area (Å²) in [4.78, 5) is 1.68. The fraction of sp³-hybridized carbons (Fsp3) is 0.619. The number of quaternary nitrogens is 1. The number of rotatable bonds is 5. The molecule has 1 aliphatic carbocycles. The summed E-state index contributed by atoms with van der Waals surface area (Å²) in [6, 6.07) is 8.90. The summed E-state index contributed by atoms with van der Waals surface area (Å²) >= 11 is 5.80. The molecule has 3 atom stereocenters. The van der Waals surface area contributed by atoms with Crippen molar-refractivity contribution in [2.24, 2.45) is 5.92 Å². The largest absolute Gasteiger partial charge is 0.497 e. The molecule has 0 spiro atoms. The lowest BCUT2D eigenvalue weighted by Crippen LogP contribution is -3.17. The van der Waals surface area contributed by atoms with Crippen LogP contribution in [0.3, 0.4) is 0 Å². The summed E-state index contributed by atoms with van der Waals surface area (Å²) in [5.41, 5.74) is 1.09. The lowest BCUT2D eigenvalue weighted by molar-refractivity contribution is -0.958. The van der Waals surface area contributed by atoms with Gasteiger partial charge in [-0.2, -0.15) is 4.68 Å². The van der Waals surface area contributed by atoms with Crippen LogP contribution < -0.4 is 9.64 Å². The number of nitrogens with zero attached hydrogens (tertiary/aromatic N) is 3. The fourth-order valence-electron chi connectivity index (χ4n) is 5.04. The molecule has 0 radical (unpaired) electrons. The van der Waals surface area contributed by atoms with E-state index in [0.29, 0.717) is 0 Å². The van der Waals surface area contributed by atoms with Gasteiger partial charge in [0.25, 0.3) is 0 Å². The number of hydrogen-bond acceptors (Lipinski definition) is 3. The van der Waals surface area contributed by atoms with E-state index in [1.165, 1.54) is 45.1 Å². The quantitative estimate of drug-likeness (QED) is 0.800. The maximum atomic E-state index is 5.80. The third-order valence-corrected chi connectivity index (χ3v) is 6.88. The molecule has 2 fully saturated rings. The highest BCUT2D eigenvalue weighted by molar-refractivity contribution is 7.71.